The van der Waals surface area contributed by atoms with Crippen LogP contribution >= 0.6 is 34.4 Å². The van der Waals surface area contributed by atoms with Crippen molar-refractivity contribution in [2.24, 2.45) is 0 Å². The van der Waals surface area contributed by atoms with E-state index in [4.69, 9.17) is 0 Å². The minimum atomic E-state index is -0.0897. The van der Waals surface area contributed by atoms with E-state index >= 15 is 0 Å². The quantitative estimate of drug-likeness (QED) is 0.276. The Morgan fingerprint density at radius 3 is 2.68 bits per heavy atom. The summed E-state index contributed by atoms with van der Waals surface area (Å²) < 4.78 is 2.29. The minimum absolute atomic E-state index is 0.0897. The standard InChI is InChI=1S/C24H27N5OS3.C3H7NO/c25-14-19-18-10-4-5-11-20(18)33-23(19)26-22(30)15-32-24-28-27-21(13-17-9-6-12-31-17)29(24)16-7-2-1-3-8-16;1-4(2)3-5/h6,9,12,16H,1-5,7-8,10-11,13,15H2,(H,26,30);3H,1-2H3. The maximum absolute atomic E-state index is 12.8. The number of anilines is 1. The van der Waals surface area contributed by atoms with Crippen LogP contribution in [0.2, 0.25) is 0 Å². The molecule has 11 heteroatoms. The zero-order valence-electron chi connectivity index (χ0n) is 21.9. The summed E-state index contributed by atoms with van der Waals surface area (Å²) in [6, 6.07) is 6.93. The molecule has 0 atom stereocenters. The van der Waals surface area contributed by atoms with Gasteiger partial charge in [-0.25, -0.2) is 0 Å². The topological polar surface area (TPSA) is 104 Å². The van der Waals surface area contributed by atoms with E-state index < -0.39 is 0 Å². The lowest BCUT2D eigenvalue weighted by molar-refractivity contribution is -0.116. The Labute approximate surface area is 236 Å². The summed E-state index contributed by atoms with van der Waals surface area (Å²) >= 11 is 4.76. The van der Waals surface area contributed by atoms with Gasteiger partial charge in [-0.1, -0.05) is 37.1 Å². The highest BCUT2D eigenvalue weighted by molar-refractivity contribution is 7.99. The molecule has 1 saturated carbocycles. The Hall–Kier alpha value is -2.68. The third kappa shape index (κ3) is 7.24. The molecule has 1 N–H and O–H groups in total. The highest BCUT2D eigenvalue weighted by Gasteiger charge is 2.25. The highest BCUT2D eigenvalue weighted by Crippen LogP contribution is 2.38. The summed E-state index contributed by atoms with van der Waals surface area (Å²) in [5.41, 5.74) is 1.81. The summed E-state index contributed by atoms with van der Waals surface area (Å²) in [6.07, 6.45) is 11.8. The molecule has 0 bridgehead atoms. The van der Waals surface area contributed by atoms with E-state index in [1.165, 1.54) is 45.7 Å². The lowest BCUT2D eigenvalue weighted by atomic mass is 9.95. The van der Waals surface area contributed by atoms with Crippen molar-refractivity contribution in [3.63, 3.8) is 0 Å². The maximum Gasteiger partial charge on any atom is 0.235 e. The van der Waals surface area contributed by atoms with Gasteiger partial charge in [0.05, 0.1) is 11.3 Å². The van der Waals surface area contributed by atoms with Crippen molar-refractivity contribution in [2.45, 2.75) is 75.4 Å². The van der Waals surface area contributed by atoms with E-state index in [0.29, 0.717) is 16.6 Å². The molecule has 2 aliphatic carbocycles. The van der Waals surface area contributed by atoms with E-state index in [2.05, 4.69) is 43.7 Å². The van der Waals surface area contributed by atoms with E-state index in [0.717, 1.165) is 67.9 Å². The highest BCUT2D eigenvalue weighted by atomic mass is 32.2. The van der Waals surface area contributed by atoms with Crippen LogP contribution in [0, 0.1) is 11.3 Å². The molecule has 3 heterocycles. The number of nitrogens with zero attached hydrogens (tertiary/aromatic N) is 5. The van der Waals surface area contributed by atoms with Gasteiger partial charge in [0.2, 0.25) is 12.3 Å². The van der Waals surface area contributed by atoms with Crippen molar-refractivity contribution in [3.05, 3.63) is 44.2 Å². The molecule has 8 nitrogen and oxygen atoms in total. The van der Waals surface area contributed by atoms with Crippen molar-refractivity contribution in [3.8, 4) is 6.07 Å². The van der Waals surface area contributed by atoms with Gasteiger partial charge in [-0.3, -0.25) is 9.59 Å². The van der Waals surface area contributed by atoms with Crippen LogP contribution in [0.4, 0.5) is 5.00 Å². The number of rotatable bonds is 8. The average Bonchev–Trinajstić information content (AvgIpc) is 3.67. The summed E-state index contributed by atoms with van der Waals surface area (Å²) in [7, 11) is 3.38. The number of aromatic nitrogens is 3. The number of hydrogen-bond acceptors (Lipinski definition) is 8. The van der Waals surface area contributed by atoms with Crippen molar-refractivity contribution >= 4 is 51.8 Å². The predicted octanol–water partition coefficient (Wildman–Crippen LogP) is 5.68. The van der Waals surface area contributed by atoms with Crippen molar-refractivity contribution in [1.82, 2.24) is 19.7 Å². The van der Waals surface area contributed by atoms with Crippen molar-refractivity contribution in [1.29, 1.82) is 5.26 Å². The maximum atomic E-state index is 12.8. The van der Waals surface area contributed by atoms with Crippen LogP contribution in [0.15, 0.2) is 22.7 Å². The zero-order valence-corrected chi connectivity index (χ0v) is 24.4. The van der Waals surface area contributed by atoms with E-state index in [1.807, 2.05) is 0 Å². The number of hydrogen-bond donors (Lipinski definition) is 1. The number of fused-ring (bicyclic) bond motifs is 1. The molecule has 2 aliphatic rings. The van der Waals surface area contributed by atoms with Gasteiger partial charge in [-0.05, 0) is 55.5 Å². The van der Waals surface area contributed by atoms with Crippen molar-refractivity contribution < 1.29 is 9.59 Å². The van der Waals surface area contributed by atoms with Crippen LogP contribution < -0.4 is 5.32 Å². The van der Waals surface area contributed by atoms with Gasteiger partial charge < -0.3 is 14.8 Å². The van der Waals surface area contributed by atoms with Crippen LogP contribution in [-0.2, 0) is 28.9 Å². The van der Waals surface area contributed by atoms with Crippen molar-refractivity contribution in [2.75, 3.05) is 25.2 Å². The van der Waals surface area contributed by atoms with Gasteiger partial charge in [0.1, 0.15) is 16.9 Å². The van der Waals surface area contributed by atoms with Crippen LogP contribution in [0.5, 0.6) is 0 Å². The number of carbonyl (C=O) groups is 2. The SMILES string of the molecule is CN(C)C=O.N#Cc1c(NC(=O)CSc2nnc(Cc3cccs3)n2C2CCCCC2)sc2c1CCCC2. The number of nitriles is 1. The summed E-state index contributed by atoms with van der Waals surface area (Å²) in [4.78, 5) is 26.2. The fraction of sp³-hybridized carbons (Fsp3) is 0.519. The molecule has 0 aromatic carbocycles. The first-order chi connectivity index (χ1) is 18.5. The zero-order chi connectivity index (χ0) is 26.9. The van der Waals surface area contributed by atoms with Crippen LogP contribution in [0.25, 0.3) is 0 Å². The minimum Gasteiger partial charge on any atom is -0.351 e. The Morgan fingerprint density at radius 2 is 2.00 bits per heavy atom. The molecule has 2 amide bonds. The molecule has 0 saturated heterocycles. The predicted molar refractivity (Wildman–Crippen MR) is 154 cm³/mol. The molecule has 3 aromatic heterocycles. The number of thiophene rings is 2. The van der Waals surface area contributed by atoms with Gasteiger partial charge in [0, 0.05) is 36.3 Å². The Kier molecular flexibility index (Phi) is 10.4. The average molecular weight is 571 g/mol. The molecular formula is C27H34N6O2S3. The van der Waals surface area contributed by atoms with E-state index in [9.17, 15) is 14.9 Å². The van der Waals surface area contributed by atoms with E-state index in [-0.39, 0.29) is 11.7 Å². The first-order valence-corrected chi connectivity index (χ1v) is 15.7. The third-order valence-corrected chi connectivity index (χ3v) is 9.69. The molecule has 202 valence electrons. The molecule has 1 fully saturated rings. The fourth-order valence-electron chi connectivity index (χ4n) is 4.87. The largest absolute Gasteiger partial charge is 0.351 e. The normalized spacial score (nSPS) is 15.1. The molecule has 5 rings (SSSR count). The Morgan fingerprint density at radius 1 is 1.24 bits per heavy atom. The monoisotopic (exact) mass is 570 g/mol. The van der Waals surface area contributed by atoms with Gasteiger partial charge in [0.25, 0.3) is 0 Å². The number of nitrogens with one attached hydrogen (secondary N) is 1. The van der Waals surface area contributed by atoms with Crippen LogP contribution in [0.1, 0.15) is 77.7 Å². The first kappa shape index (κ1) is 28.3. The van der Waals surface area contributed by atoms with Gasteiger partial charge in [0.15, 0.2) is 5.16 Å². The molecule has 3 aromatic rings. The van der Waals surface area contributed by atoms with Gasteiger partial charge >= 0.3 is 0 Å². The molecule has 0 radical (unpaired) electrons. The van der Waals surface area contributed by atoms with E-state index in [1.54, 1.807) is 36.8 Å². The van der Waals surface area contributed by atoms with Crippen LogP contribution in [-0.4, -0.2) is 51.8 Å². The first-order valence-electron chi connectivity index (χ1n) is 13.0. The summed E-state index contributed by atoms with van der Waals surface area (Å²) in [6.45, 7) is 0. The number of amides is 2. The number of aryl methyl sites for hydroxylation is 1. The lowest BCUT2D eigenvalue weighted by Crippen LogP contribution is -2.18. The number of carbonyl (C=O) groups excluding carboxylic acids is 2. The molecule has 38 heavy (non-hydrogen) atoms. The van der Waals surface area contributed by atoms with Gasteiger partial charge in [-0.15, -0.1) is 32.9 Å². The lowest BCUT2D eigenvalue weighted by Gasteiger charge is -2.25. The Bertz CT molecular complexity index is 1250. The molecule has 0 spiro atoms. The van der Waals surface area contributed by atoms with Gasteiger partial charge in [-0.2, -0.15) is 5.26 Å². The molecule has 0 aliphatic heterocycles. The third-order valence-electron chi connectivity index (χ3n) is 6.67. The fourth-order valence-corrected chi connectivity index (χ4v) is 7.65. The molecule has 0 unspecified atom stereocenters. The second kappa shape index (κ2) is 13.9. The second-order valence-electron chi connectivity index (χ2n) is 9.75. The van der Waals surface area contributed by atoms with Crippen LogP contribution in [0.3, 0.4) is 0 Å². The summed E-state index contributed by atoms with van der Waals surface area (Å²) in [5, 5.41) is 25.3. The second-order valence-corrected chi connectivity index (χ2v) is 12.8. The smallest absolute Gasteiger partial charge is 0.235 e. The number of thioether (sulfide) groups is 1. The Balaban J connectivity index is 0.000000617. The molecular weight excluding hydrogens is 537 g/mol. The summed E-state index contributed by atoms with van der Waals surface area (Å²) in [5.74, 6) is 1.16.